The van der Waals surface area contributed by atoms with Crippen LogP contribution < -0.4 is 0 Å². The smallest absolute Gasteiger partial charge is 0.323 e. The largest absolute Gasteiger partial charge is 0.480 e. The first-order valence-electron chi connectivity index (χ1n) is 4.88. The number of carbonyl (C=O) groups is 1. The first kappa shape index (κ1) is 10.2. The highest BCUT2D eigenvalue weighted by atomic mass is 16.4. The van der Waals surface area contributed by atoms with Crippen molar-refractivity contribution in [3.05, 3.63) is 36.0 Å². The van der Waals surface area contributed by atoms with E-state index in [-0.39, 0.29) is 13.0 Å². The summed E-state index contributed by atoms with van der Waals surface area (Å²) in [5.74, 6) is -0.902. The molecule has 4 nitrogen and oxygen atoms in total. The van der Waals surface area contributed by atoms with E-state index in [1.165, 1.54) is 0 Å². The number of benzene rings is 1. The number of carboxylic acids is 1. The molecule has 2 rings (SSSR count). The third kappa shape index (κ3) is 1.75. The highest BCUT2D eigenvalue weighted by Gasteiger charge is 2.10. The Kier molecular flexibility index (Phi) is 2.61. The lowest BCUT2D eigenvalue weighted by Gasteiger charge is -2.04. The monoisotopic (exact) mass is 214 g/mol. The molecule has 1 N–H and O–H groups in total. The lowest BCUT2D eigenvalue weighted by molar-refractivity contribution is -0.137. The molecule has 0 saturated heterocycles. The quantitative estimate of drug-likeness (QED) is 0.847. The molecule has 1 heterocycles. The van der Waals surface area contributed by atoms with Gasteiger partial charge in [-0.3, -0.25) is 4.79 Å². The van der Waals surface area contributed by atoms with Gasteiger partial charge in [-0.25, -0.2) is 0 Å². The summed E-state index contributed by atoms with van der Waals surface area (Å²) >= 11 is 0. The summed E-state index contributed by atoms with van der Waals surface area (Å²) in [7, 11) is 0. The Morgan fingerprint density at radius 2 is 2.19 bits per heavy atom. The van der Waals surface area contributed by atoms with Crippen LogP contribution in [0.25, 0.3) is 10.9 Å². The van der Waals surface area contributed by atoms with E-state index in [1.54, 1.807) is 4.57 Å². The normalized spacial score (nSPS) is 10.2. The number of carboxylic acid groups (broad SMARTS) is 1. The van der Waals surface area contributed by atoms with Gasteiger partial charge in [0.2, 0.25) is 0 Å². The molecule has 0 aliphatic carbocycles. The van der Waals surface area contributed by atoms with Gasteiger partial charge >= 0.3 is 5.97 Å². The molecular formula is C12H10N2O2. The topological polar surface area (TPSA) is 66.0 Å². The highest BCUT2D eigenvalue weighted by molar-refractivity contribution is 5.83. The molecule has 0 saturated carbocycles. The number of nitriles is 1. The van der Waals surface area contributed by atoms with Gasteiger partial charge in [0, 0.05) is 11.2 Å². The molecule has 4 heteroatoms. The third-order valence-corrected chi connectivity index (χ3v) is 2.45. The van der Waals surface area contributed by atoms with E-state index < -0.39 is 5.97 Å². The summed E-state index contributed by atoms with van der Waals surface area (Å²) < 4.78 is 1.67. The SMILES string of the molecule is N#CCc1cc2ccccc2n1CC(=O)O. The summed E-state index contributed by atoms with van der Waals surface area (Å²) in [4.78, 5) is 10.8. The van der Waals surface area contributed by atoms with E-state index in [4.69, 9.17) is 10.4 Å². The van der Waals surface area contributed by atoms with Gasteiger partial charge < -0.3 is 9.67 Å². The summed E-state index contributed by atoms with van der Waals surface area (Å²) in [6, 6.07) is 11.4. The Morgan fingerprint density at radius 1 is 1.44 bits per heavy atom. The van der Waals surface area contributed by atoms with Gasteiger partial charge in [0.15, 0.2) is 0 Å². The molecule has 16 heavy (non-hydrogen) atoms. The maximum Gasteiger partial charge on any atom is 0.323 e. The average Bonchev–Trinajstić information content (AvgIpc) is 2.57. The van der Waals surface area contributed by atoms with E-state index in [2.05, 4.69) is 0 Å². The molecule has 0 fully saturated rings. The van der Waals surface area contributed by atoms with Crippen LogP contribution in [0.1, 0.15) is 5.69 Å². The Morgan fingerprint density at radius 3 is 2.88 bits per heavy atom. The number of rotatable bonds is 3. The molecule has 0 aliphatic heterocycles. The van der Waals surface area contributed by atoms with Crippen molar-refractivity contribution in [2.45, 2.75) is 13.0 Å². The minimum absolute atomic E-state index is 0.107. The number of nitrogens with zero attached hydrogens (tertiary/aromatic N) is 2. The third-order valence-electron chi connectivity index (χ3n) is 2.45. The Hall–Kier alpha value is -2.28. The van der Waals surface area contributed by atoms with Crippen molar-refractivity contribution in [2.75, 3.05) is 0 Å². The molecule has 0 unspecified atom stereocenters. The van der Waals surface area contributed by atoms with Crippen molar-refractivity contribution in [1.29, 1.82) is 5.26 Å². The first-order chi connectivity index (χ1) is 7.72. The number of aromatic nitrogens is 1. The zero-order chi connectivity index (χ0) is 11.5. The molecule has 0 amide bonds. The summed E-state index contributed by atoms with van der Waals surface area (Å²) in [6.07, 6.45) is 0.224. The maximum atomic E-state index is 10.8. The van der Waals surface area contributed by atoms with Crippen molar-refractivity contribution >= 4 is 16.9 Å². The van der Waals surface area contributed by atoms with Gasteiger partial charge in [-0.1, -0.05) is 18.2 Å². The van der Waals surface area contributed by atoms with Crippen LogP contribution in [0.15, 0.2) is 30.3 Å². The Bertz CT molecular complexity index is 578. The minimum atomic E-state index is -0.902. The van der Waals surface area contributed by atoms with Crippen LogP contribution in [0.5, 0.6) is 0 Å². The molecule has 0 bridgehead atoms. The van der Waals surface area contributed by atoms with Gasteiger partial charge in [-0.15, -0.1) is 0 Å². The van der Waals surface area contributed by atoms with E-state index in [9.17, 15) is 4.79 Å². The molecular weight excluding hydrogens is 204 g/mol. The van der Waals surface area contributed by atoms with Crippen molar-refractivity contribution in [2.24, 2.45) is 0 Å². The number of hydrogen-bond donors (Lipinski definition) is 1. The van der Waals surface area contributed by atoms with Crippen LogP contribution >= 0.6 is 0 Å². The van der Waals surface area contributed by atoms with Gasteiger partial charge in [0.05, 0.1) is 12.5 Å². The van der Waals surface area contributed by atoms with Gasteiger partial charge in [-0.05, 0) is 17.5 Å². The molecule has 0 radical (unpaired) electrons. The van der Waals surface area contributed by atoms with Crippen molar-refractivity contribution in [1.82, 2.24) is 4.57 Å². The minimum Gasteiger partial charge on any atom is -0.480 e. The van der Waals surface area contributed by atoms with Crippen LogP contribution in [0.2, 0.25) is 0 Å². The maximum absolute atomic E-state index is 10.8. The second kappa shape index (κ2) is 4.07. The highest BCUT2D eigenvalue weighted by Crippen LogP contribution is 2.19. The summed E-state index contributed by atoms with van der Waals surface area (Å²) in [5, 5.41) is 18.5. The molecule has 1 aromatic heterocycles. The average molecular weight is 214 g/mol. The molecule has 80 valence electrons. The van der Waals surface area contributed by atoms with Crippen LogP contribution in [0.3, 0.4) is 0 Å². The molecule has 0 atom stereocenters. The Balaban J connectivity index is 2.60. The van der Waals surface area contributed by atoms with Crippen molar-refractivity contribution in [3.63, 3.8) is 0 Å². The fraction of sp³-hybridized carbons (Fsp3) is 0.167. The van der Waals surface area contributed by atoms with Crippen LogP contribution in [0, 0.1) is 11.3 Å². The molecule has 0 aliphatic rings. The van der Waals surface area contributed by atoms with Crippen LogP contribution in [0.4, 0.5) is 0 Å². The van der Waals surface area contributed by atoms with Crippen molar-refractivity contribution in [3.8, 4) is 6.07 Å². The van der Waals surface area contributed by atoms with Crippen molar-refractivity contribution < 1.29 is 9.90 Å². The van der Waals surface area contributed by atoms with E-state index in [0.29, 0.717) is 0 Å². The molecule has 0 spiro atoms. The number of fused-ring (bicyclic) bond motifs is 1. The van der Waals surface area contributed by atoms with Crippen LogP contribution in [-0.2, 0) is 17.8 Å². The summed E-state index contributed by atoms with van der Waals surface area (Å²) in [6.45, 7) is -0.107. The Labute approximate surface area is 92.3 Å². The fourth-order valence-corrected chi connectivity index (χ4v) is 1.82. The lowest BCUT2D eigenvalue weighted by Crippen LogP contribution is -2.11. The fourth-order valence-electron chi connectivity index (χ4n) is 1.82. The van der Waals surface area contributed by atoms with E-state index in [0.717, 1.165) is 16.6 Å². The van der Waals surface area contributed by atoms with Gasteiger partial charge in [0.25, 0.3) is 0 Å². The number of para-hydroxylation sites is 1. The second-order valence-electron chi connectivity index (χ2n) is 3.51. The standard InChI is InChI=1S/C12H10N2O2/c13-6-5-10-7-9-3-1-2-4-11(9)14(10)8-12(15)16/h1-4,7H,5,8H2,(H,15,16). The van der Waals surface area contributed by atoms with Gasteiger partial charge in [0.1, 0.15) is 6.54 Å². The lowest BCUT2D eigenvalue weighted by atomic mass is 10.2. The first-order valence-corrected chi connectivity index (χ1v) is 4.88. The second-order valence-corrected chi connectivity index (χ2v) is 3.51. The van der Waals surface area contributed by atoms with E-state index in [1.807, 2.05) is 36.4 Å². The molecule has 2 aromatic rings. The van der Waals surface area contributed by atoms with Gasteiger partial charge in [-0.2, -0.15) is 5.26 Å². The zero-order valence-corrected chi connectivity index (χ0v) is 8.55. The van der Waals surface area contributed by atoms with Crippen LogP contribution in [-0.4, -0.2) is 15.6 Å². The summed E-state index contributed by atoms with van der Waals surface area (Å²) in [5.41, 5.74) is 1.60. The number of aliphatic carboxylic acids is 1. The predicted octanol–water partition coefficient (Wildman–Crippen LogP) is 1.79. The number of hydrogen-bond acceptors (Lipinski definition) is 2. The predicted molar refractivity (Wildman–Crippen MR) is 58.9 cm³/mol. The molecule has 1 aromatic carbocycles. The van der Waals surface area contributed by atoms with E-state index >= 15 is 0 Å². The zero-order valence-electron chi connectivity index (χ0n) is 8.55.